The number of hydrogen-bond acceptors (Lipinski definition) is 3. The maximum Gasteiger partial charge on any atom is 0.191 e. The van der Waals surface area contributed by atoms with Gasteiger partial charge in [-0.15, -0.1) is 0 Å². The van der Waals surface area contributed by atoms with E-state index in [1.165, 1.54) is 58.2 Å². The van der Waals surface area contributed by atoms with Crippen LogP contribution in [0.3, 0.4) is 0 Å². The SMILES string of the molecule is CCCN1CCC(CNC(=NC)NCC2(CCOC)CCC2)CC1. The molecule has 140 valence electrons. The third kappa shape index (κ3) is 5.92. The van der Waals surface area contributed by atoms with Crippen LogP contribution >= 0.6 is 0 Å². The van der Waals surface area contributed by atoms with Crippen LogP contribution in [0, 0.1) is 11.3 Å². The van der Waals surface area contributed by atoms with Crippen LogP contribution in [0.15, 0.2) is 4.99 Å². The molecule has 24 heavy (non-hydrogen) atoms. The molecule has 0 atom stereocenters. The molecular formula is C19H38N4O. The van der Waals surface area contributed by atoms with Gasteiger partial charge >= 0.3 is 0 Å². The summed E-state index contributed by atoms with van der Waals surface area (Å²) in [5.74, 6) is 1.75. The lowest BCUT2D eigenvalue weighted by atomic mass is 9.67. The minimum atomic E-state index is 0.430. The molecule has 0 unspecified atom stereocenters. The molecule has 5 heteroatoms. The number of piperidine rings is 1. The van der Waals surface area contributed by atoms with Crippen molar-refractivity contribution >= 4 is 5.96 Å². The molecule has 1 aliphatic carbocycles. The van der Waals surface area contributed by atoms with E-state index in [0.717, 1.165) is 38.0 Å². The van der Waals surface area contributed by atoms with Crippen molar-refractivity contribution in [3.05, 3.63) is 0 Å². The Balaban J connectivity index is 1.66. The van der Waals surface area contributed by atoms with Gasteiger partial charge in [-0.05, 0) is 69.5 Å². The number of nitrogens with one attached hydrogen (secondary N) is 2. The van der Waals surface area contributed by atoms with Crippen molar-refractivity contribution in [2.45, 2.75) is 51.9 Å². The summed E-state index contributed by atoms with van der Waals surface area (Å²) in [5.41, 5.74) is 0.430. The Kier molecular flexibility index (Phi) is 8.33. The molecular weight excluding hydrogens is 300 g/mol. The van der Waals surface area contributed by atoms with Crippen molar-refractivity contribution in [2.75, 3.05) is 53.5 Å². The van der Waals surface area contributed by atoms with Gasteiger partial charge in [-0.1, -0.05) is 13.3 Å². The lowest BCUT2D eigenvalue weighted by Gasteiger charge is -2.42. The van der Waals surface area contributed by atoms with Crippen molar-refractivity contribution in [1.82, 2.24) is 15.5 Å². The molecule has 1 saturated carbocycles. The van der Waals surface area contributed by atoms with Crippen LogP contribution in [0.2, 0.25) is 0 Å². The number of rotatable bonds is 9. The van der Waals surface area contributed by atoms with Crippen molar-refractivity contribution in [1.29, 1.82) is 0 Å². The molecule has 0 aromatic heterocycles. The summed E-state index contributed by atoms with van der Waals surface area (Å²) in [5, 5.41) is 7.11. The summed E-state index contributed by atoms with van der Waals surface area (Å²) in [7, 11) is 3.67. The Morgan fingerprint density at radius 2 is 2.00 bits per heavy atom. The van der Waals surface area contributed by atoms with Gasteiger partial charge in [0.05, 0.1) is 0 Å². The molecule has 2 aliphatic rings. The van der Waals surface area contributed by atoms with Gasteiger partial charge in [-0.3, -0.25) is 4.99 Å². The van der Waals surface area contributed by atoms with E-state index >= 15 is 0 Å². The zero-order chi connectivity index (χ0) is 17.3. The monoisotopic (exact) mass is 338 g/mol. The minimum absolute atomic E-state index is 0.430. The number of aliphatic imine (C=N–C) groups is 1. The van der Waals surface area contributed by atoms with E-state index in [1.807, 2.05) is 7.05 Å². The molecule has 0 spiro atoms. The largest absolute Gasteiger partial charge is 0.385 e. The highest BCUT2D eigenvalue weighted by Gasteiger charge is 2.36. The van der Waals surface area contributed by atoms with E-state index in [9.17, 15) is 0 Å². The predicted molar refractivity (Wildman–Crippen MR) is 102 cm³/mol. The number of methoxy groups -OCH3 is 1. The Labute approximate surface area is 148 Å². The molecule has 5 nitrogen and oxygen atoms in total. The summed E-state index contributed by atoms with van der Waals surface area (Å²) in [6.45, 7) is 8.97. The van der Waals surface area contributed by atoms with Gasteiger partial charge in [0.2, 0.25) is 0 Å². The molecule has 1 saturated heterocycles. The van der Waals surface area contributed by atoms with Crippen LogP contribution in [0.5, 0.6) is 0 Å². The molecule has 0 amide bonds. The second-order valence-electron chi connectivity index (χ2n) is 7.69. The van der Waals surface area contributed by atoms with E-state index < -0.39 is 0 Å². The second kappa shape index (κ2) is 10.2. The van der Waals surface area contributed by atoms with E-state index in [4.69, 9.17) is 4.74 Å². The summed E-state index contributed by atoms with van der Waals surface area (Å²) in [4.78, 5) is 7.01. The molecule has 0 radical (unpaired) electrons. The third-order valence-electron chi connectivity index (χ3n) is 5.91. The molecule has 2 rings (SSSR count). The van der Waals surface area contributed by atoms with Crippen LogP contribution in [-0.2, 0) is 4.74 Å². The van der Waals surface area contributed by atoms with Crippen LogP contribution < -0.4 is 10.6 Å². The van der Waals surface area contributed by atoms with E-state index in [2.05, 4.69) is 27.4 Å². The predicted octanol–water partition coefficient (Wildman–Crippen LogP) is 2.48. The highest BCUT2D eigenvalue weighted by atomic mass is 16.5. The van der Waals surface area contributed by atoms with E-state index in [-0.39, 0.29) is 0 Å². The lowest BCUT2D eigenvalue weighted by molar-refractivity contribution is 0.0732. The Morgan fingerprint density at radius 1 is 1.25 bits per heavy atom. The highest BCUT2D eigenvalue weighted by Crippen LogP contribution is 2.43. The van der Waals surface area contributed by atoms with Crippen LogP contribution in [-0.4, -0.2) is 64.3 Å². The van der Waals surface area contributed by atoms with Crippen LogP contribution in [0.1, 0.15) is 51.9 Å². The number of ether oxygens (including phenoxy) is 1. The van der Waals surface area contributed by atoms with Crippen molar-refractivity contribution in [3.8, 4) is 0 Å². The first-order valence-electron chi connectivity index (χ1n) is 9.87. The average molecular weight is 339 g/mol. The fourth-order valence-corrected chi connectivity index (χ4v) is 3.97. The molecule has 0 aromatic rings. The molecule has 2 N–H and O–H groups in total. The first kappa shape index (κ1) is 19.5. The molecule has 1 heterocycles. The minimum Gasteiger partial charge on any atom is -0.385 e. The lowest BCUT2D eigenvalue weighted by Crippen LogP contribution is -2.48. The zero-order valence-corrected chi connectivity index (χ0v) is 16.1. The summed E-state index contributed by atoms with van der Waals surface area (Å²) in [6.07, 6.45) is 9.03. The molecule has 0 bridgehead atoms. The van der Waals surface area contributed by atoms with Crippen molar-refractivity contribution in [2.24, 2.45) is 16.3 Å². The maximum atomic E-state index is 5.28. The summed E-state index contributed by atoms with van der Waals surface area (Å²) >= 11 is 0. The first-order valence-corrected chi connectivity index (χ1v) is 9.87. The smallest absolute Gasteiger partial charge is 0.191 e. The first-order chi connectivity index (χ1) is 11.7. The van der Waals surface area contributed by atoms with Crippen LogP contribution in [0.4, 0.5) is 0 Å². The van der Waals surface area contributed by atoms with Gasteiger partial charge in [-0.25, -0.2) is 0 Å². The molecule has 2 fully saturated rings. The quantitative estimate of drug-likeness (QED) is 0.501. The number of nitrogens with zero attached hydrogens (tertiary/aromatic N) is 2. The van der Waals surface area contributed by atoms with Gasteiger partial charge in [0.1, 0.15) is 0 Å². The summed E-state index contributed by atoms with van der Waals surface area (Å²) in [6, 6.07) is 0. The van der Waals surface area contributed by atoms with Gasteiger partial charge in [0.15, 0.2) is 5.96 Å². The fourth-order valence-electron chi connectivity index (χ4n) is 3.97. The zero-order valence-electron chi connectivity index (χ0n) is 16.1. The Bertz CT molecular complexity index is 374. The van der Waals surface area contributed by atoms with Crippen LogP contribution in [0.25, 0.3) is 0 Å². The van der Waals surface area contributed by atoms with Gasteiger partial charge in [-0.2, -0.15) is 0 Å². The highest BCUT2D eigenvalue weighted by molar-refractivity contribution is 5.79. The average Bonchev–Trinajstić information content (AvgIpc) is 2.57. The van der Waals surface area contributed by atoms with E-state index in [0.29, 0.717) is 5.41 Å². The third-order valence-corrected chi connectivity index (χ3v) is 5.91. The van der Waals surface area contributed by atoms with Crippen molar-refractivity contribution < 1.29 is 4.74 Å². The van der Waals surface area contributed by atoms with E-state index in [1.54, 1.807) is 7.11 Å². The Hall–Kier alpha value is -0.810. The fraction of sp³-hybridized carbons (Fsp3) is 0.947. The normalized spacial score (nSPS) is 22.2. The number of hydrogen-bond donors (Lipinski definition) is 2. The molecule has 0 aromatic carbocycles. The number of likely N-dealkylation sites (tertiary alicyclic amines) is 1. The standard InChI is InChI=1S/C19H38N4O/c1-4-11-23-12-6-17(7-13-23)15-21-18(20-2)22-16-19(8-5-9-19)10-14-24-3/h17H,4-16H2,1-3H3,(H2,20,21,22). The second-order valence-corrected chi connectivity index (χ2v) is 7.69. The number of guanidine groups is 1. The topological polar surface area (TPSA) is 48.9 Å². The van der Waals surface area contributed by atoms with Crippen molar-refractivity contribution in [3.63, 3.8) is 0 Å². The van der Waals surface area contributed by atoms with Gasteiger partial charge < -0.3 is 20.3 Å². The summed E-state index contributed by atoms with van der Waals surface area (Å²) < 4.78 is 5.28. The Morgan fingerprint density at radius 3 is 2.54 bits per heavy atom. The van der Waals surface area contributed by atoms with Gasteiger partial charge in [0, 0.05) is 33.9 Å². The molecule has 1 aliphatic heterocycles. The maximum absolute atomic E-state index is 5.28. The van der Waals surface area contributed by atoms with Gasteiger partial charge in [0.25, 0.3) is 0 Å².